The minimum absolute atomic E-state index is 0.204. The van der Waals surface area contributed by atoms with Crippen LogP contribution in [0.3, 0.4) is 0 Å². The van der Waals surface area contributed by atoms with Crippen LogP contribution in [0.15, 0.2) is 0 Å². The Labute approximate surface area is 112 Å². The highest BCUT2D eigenvalue weighted by Crippen LogP contribution is 2.56. The van der Waals surface area contributed by atoms with Gasteiger partial charge < -0.3 is 0 Å². The van der Waals surface area contributed by atoms with Crippen LogP contribution >= 0.6 is 0 Å². The number of barbiturate groups is 1. The zero-order valence-corrected chi connectivity index (χ0v) is 10.5. The molecule has 0 atom stereocenters. The highest BCUT2D eigenvalue weighted by molar-refractivity contribution is 6.19. The largest absolute Gasteiger partial charge is 0.412 e. The third-order valence-corrected chi connectivity index (χ3v) is 4.61. The Bertz CT molecular complexity index is 505. The van der Waals surface area contributed by atoms with Crippen LogP contribution < -0.4 is 5.32 Å². The number of nitrogens with one attached hydrogen (secondary N) is 1. The quantitative estimate of drug-likeness (QED) is 0.748. The number of hydrogen-bond acceptors (Lipinski definition) is 3. The van der Waals surface area contributed by atoms with Crippen molar-refractivity contribution >= 4 is 17.8 Å². The maximum atomic E-state index is 13.1. The van der Waals surface area contributed by atoms with Gasteiger partial charge in [0.05, 0.1) is 0 Å². The predicted octanol–water partition coefficient (Wildman–Crippen LogP) is 1.72. The SMILES string of the molecule is O=C1NC(=O)C2(CCCC2)C(=O)N1C1(C(F)(F)F)CC1. The van der Waals surface area contributed by atoms with Crippen molar-refractivity contribution in [3.05, 3.63) is 0 Å². The lowest BCUT2D eigenvalue weighted by Gasteiger charge is -2.41. The molecule has 1 heterocycles. The van der Waals surface area contributed by atoms with Crippen LogP contribution in [0.5, 0.6) is 0 Å². The van der Waals surface area contributed by atoms with E-state index in [1.807, 2.05) is 5.32 Å². The number of halogens is 3. The first kappa shape index (κ1) is 13.4. The lowest BCUT2D eigenvalue weighted by molar-refractivity contribution is -0.198. The van der Waals surface area contributed by atoms with Crippen molar-refractivity contribution in [2.75, 3.05) is 0 Å². The first-order valence-corrected chi connectivity index (χ1v) is 6.51. The Kier molecular flexibility index (Phi) is 2.50. The van der Waals surface area contributed by atoms with Gasteiger partial charge in [0.15, 0.2) is 0 Å². The van der Waals surface area contributed by atoms with Crippen LogP contribution in [0.25, 0.3) is 0 Å². The molecule has 3 aliphatic rings. The van der Waals surface area contributed by atoms with E-state index in [1.54, 1.807) is 0 Å². The van der Waals surface area contributed by atoms with Gasteiger partial charge in [-0.2, -0.15) is 13.2 Å². The smallest absolute Gasteiger partial charge is 0.277 e. The number of carbonyl (C=O) groups excluding carboxylic acids is 3. The second-order valence-electron chi connectivity index (χ2n) is 5.72. The number of urea groups is 1. The molecule has 2 saturated carbocycles. The molecule has 110 valence electrons. The van der Waals surface area contributed by atoms with Crippen LogP contribution in [-0.4, -0.2) is 34.5 Å². The van der Waals surface area contributed by atoms with Gasteiger partial charge in [-0.05, 0) is 25.7 Å². The second kappa shape index (κ2) is 3.73. The van der Waals surface area contributed by atoms with Crippen molar-refractivity contribution in [1.82, 2.24) is 10.2 Å². The molecule has 1 saturated heterocycles. The number of carbonyl (C=O) groups is 3. The van der Waals surface area contributed by atoms with E-state index in [4.69, 9.17) is 0 Å². The molecule has 8 heteroatoms. The predicted molar refractivity (Wildman–Crippen MR) is 59.3 cm³/mol. The molecule has 2 aliphatic carbocycles. The van der Waals surface area contributed by atoms with Gasteiger partial charge in [0, 0.05) is 0 Å². The van der Waals surface area contributed by atoms with Crippen molar-refractivity contribution in [3.63, 3.8) is 0 Å². The van der Waals surface area contributed by atoms with Crippen LogP contribution in [0, 0.1) is 5.41 Å². The number of imide groups is 2. The highest BCUT2D eigenvalue weighted by Gasteiger charge is 2.73. The summed E-state index contributed by atoms with van der Waals surface area (Å²) in [5.41, 5.74) is -3.89. The summed E-state index contributed by atoms with van der Waals surface area (Å²) in [6, 6.07) is -1.24. The van der Waals surface area contributed by atoms with Crippen LogP contribution in [0.2, 0.25) is 0 Å². The Hall–Kier alpha value is -1.60. The molecule has 0 bridgehead atoms. The first-order chi connectivity index (χ1) is 9.25. The van der Waals surface area contributed by atoms with E-state index < -0.39 is 35.0 Å². The molecule has 0 radical (unpaired) electrons. The summed E-state index contributed by atoms with van der Waals surface area (Å²) in [4.78, 5) is 36.4. The monoisotopic (exact) mass is 290 g/mol. The Balaban J connectivity index is 2.01. The van der Waals surface area contributed by atoms with E-state index in [2.05, 4.69) is 0 Å². The lowest BCUT2D eigenvalue weighted by atomic mass is 9.81. The minimum Gasteiger partial charge on any atom is -0.277 e. The normalized spacial score (nSPS) is 27.9. The van der Waals surface area contributed by atoms with Crippen LogP contribution in [0.1, 0.15) is 38.5 Å². The molecular formula is C12H13F3N2O3. The maximum absolute atomic E-state index is 13.1. The van der Waals surface area contributed by atoms with Gasteiger partial charge in [0.2, 0.25) is 11.8 Å². The molecule has 0 unspecified atom stereocenters. The summed E-state index contributed by atoms with van der Waals surface area (Å²) in [6.07, 6.45) is -3.65. The van der Waals surface area contributed by atoms with Crippen molar-refractivity contribution < 1.29 is 27.6 Å². The molecule has 3 fully saturated rings. The standard InChI is InChI=1S/C12H13F3N2O3/c13-12(14,15)11(5-6-11)17-8(19)10(3-1-2-4-10)7(18)16-9(17)20/h1-6H2,(H,16,18,20). The van der Waals surface area contributed by atoms with E-state index in [0.29, 0.717) is 12.8 Å². The summed E-state index contributed by atoms with van der Waals surface area (Å²) < 4.78 is 39.4. The summed E-state index contributed by atoms with van der Waals surface area (Å²) in [7, 11) is 0. The minimum atomic E-state index is -4.67. The first-order valence-electron chi connectivity index (χ1n) is 6.51. The molecule has 20 heavy (non-hydrogen) atoms. The van der Waals surface area contributed by atoms with Crippen molar-refractivity contribution in [1.29, 1.82) is 0 Å². The second-order valence-corrected chi connectivity index (χ2v) is 5.72. The van der Waals surface area contributed by atoms with Crippen molar-refractivity contribution in [2.24, 2.45) is 5.41 Å². The van der Waals surface area contributed by atoms with E-state index in [0.717, 1.165) is 0 Å². The van der Waals surface area contributed by atoms with E-state index in [9.17, 15) is 27.6 Å². The number of hydrogen-bond donors (Lipinski definition) is 1. The molecule has 1 N–H and O–H groups in total. The summed E-state index contributed by atoms with van der Waals surface area (Å²) in [6.45, 7) is 0. The topological polar surface area (TPSA) is 66.5 Å². The average molecular weight is 290 g/mol. The van der Waals surface area contributed by atoms with E-state index in [1.165, 1.54) is 0 Å². The third kappa shape index (κ3) is 1.47. The molecule has 5 nitrogen and oxygen atoms in total. The average Bonchev–Trinajstić information content (AvgIpc) is 2.99. The lowest BCUT2D eigenvalue weighted by Crippen LogP contribution is -2.68. The van der Waals surface area contributed by atoms with Gasteiger partial charge in [-0.15, -0.1) is 0 Å². The van der Waals surface area contributed by atoms with Crippen molar-refractivity contribution in [2.45, 2.75) is 50.2 Å². The van der Waals surface area contributed by atoms with Gasteiger partial charge in [-0.25, -0.2) is 9.69 Å². The molecule has 4 amide bonds. The highest BCUT2D eigenvalue weighted by atomic mass is 19.4. The van der Waals surface area contributed by atoms with E-state index >= 15 is 0 Å². The third-order valence-electron chi connectivity index (χ3n) is 4.61. The number of amides is 4. The summed E-state index contributed by atoms with van der Waals surface area (Å²) >= 11 is 0. The van der Waals surface area contributed by atoms with Gasteiger partial charge in [0.25, 0.3) is 0 Å². The molecule has 0 aromatic carbocycles. The molecular weight excluding hydrogens is 277 g/mol. The molecule has 0 aromatic rings. The zero-order chi connectivity index (χ0) is 14.8. The van der Waals surface area contributed by atoms with Crippen molar-refractivity contribution in [3.8, 4) is 0 Å². The molecule has 0 aromatic heterocycles. The molecule has 3 rings (SSSR count). The van der Waals surface area contributed by atoms with Gasteiger partial charge in [-0.3, -0.25) is 14.9 Å². The Morgan fingerprint density at radius 1 is 1.00 bits per heavy atom. The summed E-state index contributed by atoms with van der Waals surface area (Å²) in [5, 5.41) is 1.94. The number of nitrogens with zero attached hydrogens (tertiary/aromatic N) is 1. The fourth-order valence-corrected chi connectivity index (χ4v) is 3.24. The van der Waals surface area contributed by atoms with Gasteiger partial charge >= 0.3 is 12.2 Å². The Morgan fingerprint density at radius 3 is 2.00 bits per heavy atom. The Morgan fingerprint density at radius 2 is 1.55 bits per heavy atom. The maximum Gasteiger partial charge on any atom is 0.412 e. The fourth-order valence-electron chi connectivity index (χ4n) is 3.24. The summed E-state index contributed by atoms with van der Waals surface area (Å²) in [5.74, 6) is -1.72. The zero-order valence-electron chi connectivity index (χ0n) is 10.5. The molecule has 1 aliphatic heterocycles. The van der Waals surface area contributed by atoms with Crippen LogP contribution in [0.4, 0.5) is 18.0 Å². The van der Waals surface area contributed by atoms with Gasteiger partial charge in [-0.1, -0.05) is 12.8 Å². The number of rotatable bonds is 1. The van der Waals surface area contributed by atoms with Gasteiger partial charge in [0.1, 0.15) is 11.0 Å². The fraction of sp³-hybridized carbons (Fsp3) is 0.750. The van der Waals surface area contributed by atoms with Crippen LogP contribution in [-0.2, 0) is 9.59 Å². The van der Waals surface area contributed by atoms with E-state index in [-0.39, 0.29) is 30.6 Å². The molecule has 1 spiro atoms. The number of alkyl halides is 3.